The van der Waals surface area contributed by atoms with E-state index in [9.17, 15) is 4.79 Å². The van der Waals surface area contributed by atoms with Crippen molar-refractivity contribution in [2.24, 2.45) is 5.92 Å². The second kappa shape index (κ2) is 7.17. The maximum Gasteiger partial charge on any atom is 0.328 e. The van der Waals surface area contributed by atoms with Crippen molar-refractivity contribution in [2.45, 2.75) is 19.6 Å². The Bertz CT molecular complexity index is 397. The molecule has 2 nitrogen and oxygen atoms in total. The zero-order valence-electron chi connectivity index (χ0n) is 10.2. The van der Waals surface area contributed by atoms with Gasteiger partial charge in [0.05, 0.1) is 0 Å². The molecule has 0 saturated carbocycles. The van der Waals surface area contributed by atoms with Crippen molar-refractivity contribution in [1.82, 2.24) is 0 Å². The van der Waals surface area contributed by atoms with E-state index in [1.165, 1.54) is 11.6 Å². The molecule has 3 heteroatoms. The van der Waals surface area contributed by atoms with Crippen molar-refractivity contribution in [3.8, 4) is 0 Å². The largest absolute Gasteiger partial charge is 0.478 e. The van der Waals surface area contributed by atoms with Gasteiger partial charge in [0, 0.05) is 11.8 Å². The summed E-state index contributed by atoms with van der Waals surface area (Å²) in [5.74, 6) is 1.92. The number of benzene rings is 1. The molecule has 0 aromatic heterocycles. The number of carboxylic acids is 1. The van der Waals surface area contributed by atoms with E-state index < -0.39 is 5.97 Å². The Morgan fingerprint density at radius 2 is 2.24 bits per heavy atom. The Kier molecular flexibility index (Phi) is 5.84. The van der Waals surface area contributed by atoms with Crippen LogP contribution in [-0.4, -0.2) is 16.8 Å². The summed E-state index contributed by atoms with van der Waals surface area (Å²) < 4.78 is 0. The first-order chi connectivity index (χ1) is 8.08. The molecular weight excluding hydrogens is 232 g/mol. The van der Waals surface area contributed by atoms with Crippen molar-refractivity contribution in [3.05, 3.63) is 41.5 Å². The lowest BCUT2D eigenvalue weighted by Crippen LogP contribution is -1.92. The second-order valence-electron chi connectivity index (χ2n) is 4.33. The second-order valence-corrected chi connectivity index (χ2v) is 5.36. The maximum atomic E-state index is 10.4. The molecule has 0 aliphatic carbocycles. The van der Waals surface area contributed by atoms with Gasteiger partial charge in [0.25, 0.3) is 0 Å². The third-order valence-electron chi connectivity index (χ3n) is 2.09. The summed E-state index contributed by atoms with van der Waals surface area (Å²) in [7, 11) is 0. The molecule has 0 saturated heterocycles. The Balaban J connectivity index is 2.56. The number of carboxylic acid groups (broad SMARTS) is 1. The molecule has 1 rings (SSSR count). The van der Waals surface area contributed by atoms with Gasteiger partial charge in [-0.2, -0.15) is 11.8 Å². The fourth-order valence-electron chi connectivity index (χ4n) is 1.37. The summed E-state index contributed by atoms with van der Waals surface area (Å²) in [6.07, 6.45) is 2.79. The number of aliphatic carboxylic acids is 1. The summed E-state index contributed by atoms with van der Waals surface area (Å²) >= 11 is 1.91. The van der Waals surface area contributed by atoms with E-state index in [1.54, 1.807) is 6.08 Å². The monoisotopic (exact) mass is 250 g/mol. The highest BCUT2D eigenvalue weighted by Gasteiger charge is 1.97. The highest BCUT2D eigenvalue weighted by atomic mass is 32.2. The highest BCUT2D eigenvalue weighted by molar-refractivity contribution is 7.98. The van der Waals surface area contributed by atoms with Crippen molar-refractivity contribution < 1.29 is 9.90 Å². The lowest BCUT2D eigenvalue weighted by molar-refractivity contribution is -0.131. The zero-order valence-corrected chi connectivity index (χ0v) is 11.0. The van der Waals surface area contributed by atoms with E-state index >= 15 is 0 Å². The van der Waals surface area contributed by atoms with Gasteiger partial charge >= 0.3 is 5.97 Å². The Morgan fingerprint density at radius 1 is 1.47 bits per heavy atom. The lowest BCUT2D eigenvalue weighted by Gasteiger charge is -2.05. The molecule has 0 unspecified atom stereocenters. The predicted molar refractivity (Wildman–Crippen MR) is 74.1 cm³/mol. The summed E-state index contributed by atoms with van der Waals surface area (Å²) in [6.45, 7) is 4.41. The van der Waals surface area contributed by atoms with Gasteiger partial charge < -0.3 is 5.11 Å². The molecule has 0 amide bonds. The quantitative estimate of drug-likeness (QED) is 0.783. The third kappa shape index (κ3) is 6.17. The van der Waals surface area contributed by atoms with Crippen LogP contribution in [0.15, 0.2) is 30.3 Å². The molecule has 0 fully saturated rings. The van der Waals surface area contributed by atoms with Gasteiger partial charge in [-0.1, -0.05) is 38.1 Å². The molecule has 0 bridgehead atoms. The molecular formula is C14H18O2S. The molecule has 0 spiro atoms. The van der Waals surface area contributed by atoms with Gasteiger partial charge in [0.1, 0.15) is 0 Å². The number of carbonyl (C=O) groups is 1. The average molecular weight is 250 g/mol. The number of rotatable bonds is 6. The van der Waals surface area contributed by atoms with Crippen molar-refractivity contribution in [3.63, 3.8) is 0 Å². The van der Waals surface area contributed by atoms with E-state index in [2.05, 4.69) is 19.9 Å². The van der Waals surface area contributed by atoms with Crippen LogP contribution in [0.3, 0.4) is 0 Å². The SMILES string of the molecule is CC(C)CSCc1cccc(/C=C/C(=O)O)c1. The standard InChI is InChI=1S/C14H18O2S/c1-11(2)9-17-10-13-5-3-4-12(8-13)6-7-14(15)16/h3-8,11H,9-10H2,1-2H3,(H,15,16)/b7-6+. The Hall–Kier alpha value is -1.22. The maximum absolute atomic E-state index is 10.4. The molecule has 0 aliphatic heterocycles. The first-order valence-corrected chi connectivity index (χ1v) is 6.81. The molecule has 0 atom stereocenters. The van der Waals surface area contributed by atoms with Crippen LogP contribution in [0.1, 0.15) is 25.0 Å². The molecule has 0 aliphatic rings. The molecule has 0 radical (unpaired) electrons. The molecule has 1 aromatic rings. The van der Waals surface area contributed by atoms with Gasteiger partial charge in [-0.05, 0) is 28.9 Å². The van der Waals surface area contributed by atoms with Crippen LogP contribution >= 0.6 is 11.8 Å². The molecule has 92 valence electrons. The third-order valence-corrected chi connectivity index (χ3v) is 3.53. The van der Waals surface area contributed by atoms with Crippen LogP contribution in [-0.2, 0) is 10.5 Å². The summed E-state index contributed by atoms with van der Waals surface area (Å²) in [6, 6.07) is 7.99. The van der Waals surface area contributed by atoms with E-state index in [-0.39, 0.29) is 0 Å². The highest BCUT2D eigenvalue weighted by Crippen LogP contribution is 2.16. The Labute approximate surface area is 107 Å². The van der Waals surface area contributed by atoms with Gasteiger partial charge in [-0.25, -0.2) is 4.79 Å². The summed E-state index contributed by atoms with van der Waals surface area (Å²) in [4.78, 5) is 10.4. The smallest absolute Gasteiger partial charge is 0.328 e. The fraction of sp³-hybridized carbons (Fsp3) is 0.357. The fourth-order valence-corrected chi connectivity index (χ4v) is 2.37. The summed E-state index contributed by atoms with van der Waals surface area (Å²) in [5, 5.41) is 8.56. The number of hydrogen-bond donors (Lipinski definition) is 1. The first-order valence-electron chi connectivity index (χ1n) is 5.65. The van der Waals surface area contributed by atoms with E-state index in [0.717, 1.165) is 17.1 Å². The predicted octanol–water partition coefficient (Wildman–Crippen LogP) is 3.67. The lowest BCUT2D eigenvalue weighted by atomic mass is 10.1. The minimum atomic E-state index is -0.912. The minimum absolute atomic E-state index is 0.704. The van der Waals surface area contributed by atoms with Gasteiger partial charge in [0.15, 0.2) is 0 Å². The average Bonchev–Trinajstić information content (AvgIpc) is 2.26. The minimum Gasteiger partial charge on any atom is -0.478 e. The van der Waals surface area contributed by atoms with Crippen LogP contribution in [0.25, 0.3) is 6.08 Å². The van der Waals surface area contributed by atoms with Gasteiger partial charge in [0.2, 0.25) is 0 Å². The number of thioether (sulfide) groups is 1. The normalized spacial score (nSPS) is 11.2. The van der Waals surface area contributed by atoms with Crippen LogP contribution in [0.4, 0.5) is 0 Å². The number of hydrogen-bond acceptors (Lipinski definition) is 2. The van der Waals surface area contributed by atoms with E-state index in [0.29, 0.717) is 5.92 Å². The van der Waals surface area contributed by atoms with Crippen LogP contribution in [0.5, 0.6) is 0 Å². The van der Waals surface area contributed by atoms with Crippen LogP contribution in [0, 0.1) is 5.92 Å². The van der Waals surface area contributed by atoms with Gasteiger partial charge in [-0.3, -0.25) is 0 Å². The van der Waals surface area contributed by atoms with Crippen molar-refractivity contribution >= 4 is 23.8 Å². The zero-order chi connectivity index (χ0) is 12.7. The molecule has 1 N–H and O–H groups in total. The molecule has 17 heavy (non-hydrogen) atoms. The molecule has 1 aromatic carbocycles. The molecule has 0 heterocycles. The van der Waals surface area contributed by atoms with Crippen molar-refractivity contribution in [2.75, 3.05) is 5.75 Å². The van der Waals surface area contributed by atoms with Crippen LogP contribution in [0.2, 0.25) is 0 Å². The van der Waals surface area contributed by atoms with Crippen LogP contribution < -0.4 is 0 Å². The topological polar surface area (TPSA) is 37.3 Å². The first kappa shape index (κ1) is 13.8. The summed E-state index contributed by atoms with van der Waals surface area (Å²) in [5.41, 5.74) is 2.18. The Morgan fingerprint density at radius 3 is 2.88 bits per heavy atom. The van der Waals surface area contributed by atoms with E-state index in [4.69, 9.17) is 5.11 Å². The van der Waals surface area contributed by atoms with Gasteiger partial charge in [-0.15, -0.1) is 0 Å². The van der Waals surface area contributed by atoms with Crippen molar-refractivity contribution in [1.29, 1.82) is 0 Å². The van der Waals surface area contributed by atoms with E-state index in [1.807, 2.05) is 30.0 Å².